The van der Waals surface area contributed by atoms with E-state index in [2.05, 4.69) is 5.32 Å². The molecule has 2 aromatic rings. The molecule has 0 aliphatic rings. The Kier molecular flexibility index (Phi) is 5.12. The van der Waals surface area contributed by atoms with Crippen LogP contribution in [0.4, 0.5) is 5.69 Å². The molecule has 0 unspecified atom stereocenters. The number of rotatable bonds is 5. The highest BCUT2D eigenvalue weighted by Gasteiger charge is 1.99. The topological polar surface area (TPSA) is 58.6 Å². The maximum absolute atomic E-state index is 11.8. The Bertz CT molecular complexity index is 650. The summed E-state index contributed by atoms with van der Waals surface area (Å²) in [5.74, 6) is 0.515. The van der Waals surface area contributed by atoms with E-state index >= 15 is 0 Å². The molecular weight excluding hydrogens is 266 g/mol. The predicted molar refractivity (Wildman–Crippen MR) is 83.0 cm³/mol. The highest BCUT2D eigenvalue weighted by atomic mass is 16.5. The molecule has 0 atom stereocenters. The van der Waals surface area contributed by atoms with Gasteiger partial charge in [0.2, 0.25) is 5.91 Å². The molecule has 2 N–H and O–H groups in total. The maximum Gasteiger partial charge on any atom is 0.248 e. The van der Waals surface area contributed by atoms with Gasteiger partial charge in [-0.2, -0.15) is 0 Å². The number of carbonyl (C=O) groups excluding carboxylic acids is 1. The van der Waals surface area contributed by atoms with Crippen LogP contribution in [0.1, 0.15) is 11.1 Å². The summed E-state index contributed by atoms with van der Waals surface area (Å²) in [6, 6.07) is 14.5. The molecule has 1 amide bonds. The van der Waals surface area contributed by atoms with Crippen molar-refractivity contribution >= 4 is 17.7 Å². The zero-order valence-corrected chi connectivity index (χ0v) is 11.7. The quantitative estimate of drug-likeness (QED) is 0.830. The van der Waals surface area contributed by atoms with Gasteiger partial charge in [0, 0.05) is 11.8 Å². The molecule has 0 bridgehead atoms. The first kappa shape index (κ1) is 14.8. The van der Waals surface area contributed by atoms with Gasteiger partial charge in [-0.25, -0.2) is 0 Å². The second-order valence-corrected chi connectivity index (χ2v) is 4.46. The number of amides is 1. The van der Waals surface area contributed by atoms with Crippen molar-refractivity contribution in [1.29, 1.82) is 0 Å². The smallest absolute Gasteiger partial charge is 0.248 e. The van der Waals surface area contributed by atoms with E-state index in [1.165, 1.54) is 6.08 Å². The maximum atomic E-state index is 11.8. The van der Waals surface area contributed by atoms with Gasteiger partial charge in [0.25, 0.3) is 0 Å². The molecule has 0 aliphatic carbocycles. The first-order valence-electron chi connectivity index (χ1n) is 6.54. The minimum atomic E-state index is -0.229. The molecule has 4 nitrogen and oxygen atoms in total. The SMILES string of the molecule is COc1cccc(/C=C/C(=O)Nc2cccc(CO)c2)c1. The number of ether oxygens (including phenoxy) is 1. The number of aliphatic hydroxyl groups excluding tert-OH is 1. The van der Waals surface area contributed by atoms with Crippen LogP contribution < -0.4 is 10.1 Å². The van der Waals surface area contributed by atoms with Crippen molar-refractivity contribution in [3.8, 4) is 5.75 Å². The van der Waals surface area contributed by atoms with Crippen LogP contribution in [0.3, 0.4) is 0 Å². The Morgan fingerprint density at radius 1 is 1.24 bits per heavy atom. The van der Waals surface area contributed by atoms with Crippen molar-refractivity contribution in [2.45, 2.75) is 6.61 Å². The number of methoxy groups -OCH3 is 1. The normalized spacial score (nSPS) is 10.6. The van der Waals surface area contributed by atoms with Gasteiger partial charge >= 0.3 is 0 Å². The number of benzene rings is 2. The van der Waals surface area contributed by atoms with E-state index in [4.69, 9.17) is 9.84 Å². The van der Waals surface area contributed by atoms with Crippen LogP contribution in [-0.4, -0.2) is 18.1 Å². The van der Waals surface area contributed by atoms with Gasteiger partial charge in [0.15, 0.2) is 0 Å². The second kappa shape index (κ2) is 7.26. The Balaban J connectivity index is 2.01. The molecule has 0 radical (unpaired) electrons. The minimum Gasteiger partial charge on any atom is -0.497 e. The van der Waals surface area contributed by atoms with Gasteiger partial charge in [-0.3, -0.25) is 4.79 Å². The van der Waals surface area contributed by atoms with Crippen molar-refractivity contribution < 1.29 is 14.6 Å². The zero-order chi connectivity index (χ0) is 15.1. The molecule has 0 saturated heterocycles. The number of anilines is 1. The molecule has 0 spiro atoms. The van der Waals surface area contributed by atoms with Crippen molar-refractivity contribution in [3.63, 3.8) is 0 Å². The lowest BCUT2D eigenvalue weighted by Gasteiger charge is -2.04. The van der Waals surface area contributed by atoms with E-state index in [0.717, 1.165) is 16.9 Å². The molecule has 0 saturated carbocycles. The highest BCUT2D eigenvalue weighted by molar-refractivity contribution is 6.01. The average molecular weight is 283 g/mol. The van der Waals surface area contributed by atoms with Crippen LogP contribution in [0.15, 0.2) is 54.6 Å². The first-order chi connectivity index (χ1) is 10.2. The number of hydrogen-bond donors (Lipinski definition) is 2. The van der Waals surface area contributed by atoms with Crippen molar-refractivity contribution in [3.05, 3.63) is 65.7 Å². The summed E-state index contributed by atoms with van der Waals surface area (Å²) in [5.41, 5.74) is 2.29. The second-order valence-electron chi connectivity index (χ2n) is 4.46. The summed E-state index contributed by atoms with van der Waals surface area (Å²) in [6.45, 7) is -0.0522. The number of carbonyl (C=O) groups is 1. The lowest BCUT2D eigenvalue weighted by Crippen LogP contribution is -2.07. The predicted octanol–water partition coefficient (Wildman–Crippen LogP) is 2.84. The van der Waals surface area contributed by atoms with Gasteiger partial charge in [0.05, 0.1) is 13.7 Å². The minimum absolute atomic E-state index is 0.0522. The van der Waals surface area contributed by atoms with E-state index < -0.39 is 0 Å². The summed E-state index contributed by atoms with van der Waals surface area (Å²) in [4.78, 5) is 11.8. The number of nitrogens with one attached hydrogen (secondary N) is 1. The van der Waals surface area contributed by atoms with Crippen LogP contribution in [-0.2, 0) is 11.4 Å². The van der Waals surface area contributed by atoms with Gasteiger partial charge in [0.1, 0.15) is 5.75 Å². The fourth-order valence-electron chi connectivity index (χ4n) is 1.85. The summed E-state index contributed by atoms with van der Waals surface area (Å²) in [6.07, 6.45) is 3.17. The fourth-order valence-corrected chi connectivity index (χ4v) is 1.85. The van der Waals surface area contributed by atoms with Gasteiger partial charge in [-0.15, -0.1) is 0 Å². The Morgan fingerprint density at radius 2 is 2.05 bits per heavy atom. The third kappa shape index (κ3) is 4.47. The van der Waals surface area contributed by atoms with Gasteiger partial charge in [-0.1, -0.05) is 24.3 Å². The van der Waals surface area contributed by atoms with Crippen molar-refractivity contribution in [2.24, 2.45) is 0 Å². The van der Waals surface area contributed by atoms with Crippen molar-refractivity contribution in [1.82, 2.24) is 0 Å². The standard InChI is InChI=1S/C17H17NO3/c1-21-16-7-3-4-13(11-16)8-9-17(20)18-15-6-2-5-14(10-15)12-19/h2-11,19H,12H2,1H3,(H,18,20)/b9-8+. The summed E-state index contributed by atoms with van der Waals surface area (Å²) in [5, 5.41) is 11.8. The van der Waals surface area contributed by atoms with E-state index in [9.17, 15) is 4.79 Å². The summed E-state index contributed by atoms with van der Waals surface area (Å²) >= 11 is 0. The molecule has 0 fully saturated rings. The zero-order valence-electron chi connectivity index (χ0n) is 11.7. The fraction of sp³-hybridized carbons (Fsp3) is 0.118. The Hall–Kier alpha value is -2.59. The van der Waals surface area contributed by atoms with Gasteiger partial charge < -0.3 is 15.2 Å². The monoisotopic (exact) mass is 283 g/mol. The Labute approximate surface area is 123 Å². The molecule has 108 valence electrons. The largest absolute Gasteiger partial charge is 0.497 e. The number of hydrogen-bond acceptors (Lipinski definition) is 3. The third-order valence-electron chi connectivity index (χ3n) is 2.90. The average Bonchev–Trinajstić information content (AvgIpc) is 2.53. The van der Waals surface area contributed by atoms with E-state index in [-0.39, 0.29) is 12.5 Å². The summed E-state index contributed by atoms with van der Waals surface area (Å²) < 4.78 is 5.12. The Morgan fingerprint density at radius 3 is 2.81 bits per heavy atom. The molecule has 0 aliphatic heterocycles. The van der Waals surface area contributed by atoms with Crippen molar-refractivity contribution in [2.75, 3.05) is 12.4 Å². The highest BCUT2D eigenvalue weighted by Crippen LogP contribution is 2.14. The van der Waals surface area contributed by atoms with E-state index in [1.807, 2.05) is 24.3 Å². The molecule has 4 heteroatoms. The molecular formula is C17H17NO3. The molecule has 0 heterocycles. The third-order valence-corrected chi connectivity index (χ3v) is 2.90. The van der Waals surface area contributed by atoms with E-state index in [0.29, 0.717) is 5.69 Å². The molecule has 2 aromatic carbocycles. The summed E-state index contributed by atoms with van der Waals surface area (Å²) in [7, 11) is 1.60. The lowest BCUT2D eigenvalue weighted by molar-refractivity contribution is -0.111. The van der Waals surface area contributed by atoms with E-state index in [1.54, 1.807) is 37.5 Å². The lowest BCUT2D eigenvalue weighted by atomic mass is 10.2. The van der Waals surface area contributed by atoms with Crippen LogP contribution in [0.2, 0.25) is 0 Å². The van der Waals surface area contributed by atoms with Crippen LogP contribution in [0.5, 0.6) is 5.75 Å². The van der Waals surface area contributed by atoms with Crippen LogP contribution >= 0.6 is 0 Å². The number of aliphatic hydroxyl groups is 1. The van der Waals surface area contributed by atoms with Crippen LogP contribution in [0.25, 0.3) is 6.08 Å². The first-order valence-corrected chi connectivity index (χ1v) is 6.54. The van der Waals surface area contributed by atoms with Crippen LogP contribution in [0, 0.1) is 0 Å². The molecule has 0 aromatic heterocycles. The molecule has 2 rings (SSSR count). The molecule has 21 heavy (non-hydrogen) atoms. The van der Waals surface area contributed by atoms with Gasteiger partial charge in [-0.05, 0) is 41.5 Å².